The number of aryl methyl sites for hydroxylation is 2. The lowest BCUT2D eigenvalue weighted by Crippen LogP contribution is -2.17. The largest absolute Gasteiger partial charge is 0.438 e. The molecule has 0 N–H and O–H groups in total. The van der Waals surface area contributed by atoms with Crippen LogP contribution in [-0.2, 0) is 7.05 Å². The molecule has 0 aliphatic carbocycles. The van der Waals surface area contributed by atoms with E-state index >= 15 is 0 Å². The Kier molecular flexibility index (Phi) is 1.65. The molecule has 0 spiro atoms. The van der Waals surface area contributed by atoms with Gasteiger partial charge in [0, 0.05) is 20.2 Å². The van der Waals surface area contributed by atoms with Crippen molar-refractivity contribution >= 4 is 22.1 Å². The van der Waals surface area contributed by atoms with Gasteiger partial charge in [0.15, 0.2) is 17.0 Å². The SMILES string of the molecule is Cc1nc2c(=O)n(C)c3cccnc3c2o1. The molecule has 16 heavy (non-hydrogen) atoms. The number of oxazole rings is 1. The number of hydrogen-bond acceptors (Lipinski definition) is 4. The first kappa shape index (κ1) is 9.08. The average Bonchev–Trinajstić information content (AvgIpc) is 2.68. The number of hydrogen-bond donors (Lipinski definition) is 0. The standard InChI is InChI=1S/C11H9N3O2/c1-6-13-9-10(16-6)8-7(4-3-5-12-8)14(2)11(9)15/h3-5H,1-2H3. The summed E-state index contributed by atoms with van der Waals surface area (Å²) in [7, 11) is 1.70. The van der Waals surface area contributed by atoms with Crippen molar-refractivity contribution in [1.29, 1.82) is 0 Å². The summed E-state index contributed by atoms with van der Waals surface area (Å²) < 4.78 is 6.96. The van der Waals surface area contributed by atoms with Gasteiger partial charge < -0.3 is 8.98 Å². The first-order valence-corrected chi connectivity index (χ1v) is 4.89. The molecule has 0 bridgehead atoms. The Labute approximate surface area is 90.3 Å². The third-order valence-corrected chi connectivity index (χ3v) is 2.60. The molecule has 3 aromatic rings. The van der Waals surface area contributed by atoms with Crippen LogP contribution in [-0.4, -0.2) is 14.5 Å². The zero-order valence-electron chi connectivity index (χ0n) is 8.89. The van der Waals surface area contributed by atoms with Crippen LogP contribution in [0, 0.1) is 6.92 Å². The Morgan fingerprint density at radius 1 is 1.38 bits per heavy atom. The molecule has 0 aliphatic heterocycles. The van der Waals surface area contributed by atoms with Gasteiger partial charge in [0.1, 0.15) is 5.52 Å². The zero-order valence-corrected chi connectivity index (χ0v) is 8.89. The molecule has 5 nitrogen and oxygen atoms in total. The van der Waals surface area contributed by atoms with Crippen LogP contribution in [0.3, 0.4) is 0 Å². The minimum atomic E-state index is -0.160. The van der Waals surface area contributed by atoms with Crippen LogP contribution in [0.4, 0.5) is 0 Å². The molecule has 0 radical (unpaired) electrons. The molecule has 0 amide bonds. The molecule has 0 saturated heterocycles. The van der Waals surface area contributed by atoms with E-state index in [1.54, 1.807) is 26.2 Å². The van der Waals surface area contributed by atoms with Crippen molar-refractivity contribution < 1.29 is 4.42 Å². The monoisotopic (exact) mass is 215 g/mol. The maximum absolute atomic E-state index is 12.0. The Hall–Kier alpha value is -2.17. The first-order valence-electron chi connectivity index (χ1n) is 4.89. The van der Waals surface area contributed by atoms with Crippen LogP contribution >= 0.6 is 0 Å². The molecular weight excluding hydrogens is 206 g/mol. The van der Waals surface area contributed by atoms with Crippen LogP contribution in [0.15, 0.2) is 27.5 Å². The summed E-state index contributed by atoms with van der Waals surface area (Å²) in [6.07, 6.45) is 1.67. The molecule has 3 heterocycles. The van der Waals surface area contributed by atoms with E-state index in [4.69, 9.17) is 4.42 Å². The lowest BCUT2D eigenvalue weighted by atomic mass is 10.3. The van der Waals surface area contributed by atoms with Gasteiger partial charge in [-0.05, 0) is 12.1 Å². The fraction of sp³-hybridized carbons (Fsp3) is 0.182. The minimum absolute atomic E-state index is 0.160. The third kappa shape index (κ3) is 1.02. The van der Waals surface area contributed by atoms with E-state index in [0.29, 0.717) is 22.5 Å². The Morgan fingerprint density at radius 2 is 2.19 bits per heavy atom. The molecule has 3 rings (SSSR count). The maximum Gasteiger partial charge on any atom is 0.280 e. The van der Waals surface area contributed by atoms with E-state index < -0.39 is 0 Å². The van der Waals surface area contributed by atoms with E-state index in [1.165, 1.54) is 4.57 Å². The molecule has 5 heteroatoms. The van der Waals surface area contributed by atoms with Gasteiger partial charge >= 0.3 is 0 Å². The molecule has 0 atom stereocenters. The lowest BCUT2D eigenvalue weighted by Gasteiger charge is -2.02. The first-order chi connectivity index (χ1) is 7.68. The number of pyridine rings is 2. The summed E-state index contributed by atoms with van der Waals surface area (Å²) in [5.41, 5.74) is 2.06. The summed E-state index contributed by atoms with van der Waals surface area (Å²) in [4.78, 5) is 20.3. The van der Waals surface area contributed by atoms with E-state index in [2.05, 4.69) is 9.97 Å². The zero-order chi connectivity index (χ0) is 11.3. The van der Waals surface area contributed by atoms with Crippen molar-refractivity contribution in [3.05, 3.63) is 34.6 Å². The Morgan fingerprint density at radius 3 is 3.00 bits per heavy atom. The third-order valence-electron chi connectivity index (χ3n) is 2.60. The van der Waals surface area contributed by atoms with Gasteiger partial charge in [-0.25, -0.2) is 4.98 Å². The molecule has 0 fully saturated rings. The highest BCUT2D eigenvalue weighted by Crippen LogP contribution is 2.20. The number of nitrogens with zero attached hydrogens (tertiary/aromatic N) is 3. The Bertz CT molecular complexity index is 755. The Balaban J connectivity index is 2.73. The van der Waals surface area contributed by atoms with Crippen molar-refractivity contribution in [1.82, 2.24) is 14.5 Å². The van der Waals surface area contributed by atoms with Crippen LogP contribution in [0.25, 0.3) is 22.1 Å². The second-order valence-corrected chi connectivity index (χ2v) is 3.65. The van der Waals surface area contributed by atoms with Gasteiger partial charge in [-0.15, -0.1) is 0 Å². The van der Waals surface area contributed by atoms with E-state index in [9.17, 15) is 4.79 Å². The van der Waals surface area contributed by atoms with Gasteiger partial charge in [0.2, 0.25) is 0 Å². The quantitative estimate of drug-likeness (QED) is 0.568. The molecule has 3 aromatic heterocycles. The topological polar surface area (TPSA) is 60.9 Å². The number of fused-ring (bicyclic) bond motifs is 3. The molecule has 80 valence electrons. The van der Waals surface area contributed by atoms with E-state index in [1.807, 2.05) is 6.07 Å². The van der Waals surface area contributed by atoms with Crippen molar-refractivity contribution in [2.24, 2.45) is 7.05 Å². The van der Waals surface area contributed by atoms with Crippen LogP contribution in [0.2, 0.25) is 0 Å². The van der Waals surface area contributed by atoms with Gasteiger partial charge in [0.05, 0.1) is 5.52 Å². The van der Waals surface area contributed by atoms with Crippen molar-refractivity contribution in [2.75, 3.05) is 0 Å². The predicted octanol–water partition coefficient (Wildman–Crippen LogP) is 1.38. The van der Waals surface area contributed by atoms with Crippen molar-refractivity contribution in [2.45, 2.75) is 6.92 Å². The molecule has 0 saturated carbocycles. The fourth-order valence-corrected chi connectivity index (χ4v) is 1.84. The molecular formula is C11H9N3O2. The smallest absolute Gasteiger partial charge is 0.280 e. The highest BCUT2D eigenvalue weighted by atomic mass is 16.3. The average molecular weight is 215 g/mol. The predicted molar refractivity (Wildman–Crippen MR) is 59.3 cm³/mol. The summed E-state index contributed by atoms with van der Waals surface area (Å²) >= 11 is 0. The summed E-state index contributed by atoms with van der Waals surface area (Å²) in [6.45, 7) is 1.72. The summed E-state index contributed by atoms with van der Waals surface area (Å²) in [5.74, 6) is 0.477. The highest BCUT2D eigenvalue weighted by molar-refractivity contribution is 5.97. The summed E-state index contributed by atoms with van der Waals surface area (Å²) in [6, 6.07) is 3.62. The van der Waals surface area contributed by atoms with Gasteiger partial charge in [-0.3, -0.25) is 9.78 Å². The lowest BCUT2D eigenvalue weighted by molar-refractivity contribution is 0.563. The number of rotatable bonds is 0. The van der Waals surface area contributed by atoms with Gasteiger partial charge in [0.25, 0.3) is 5.56 Å². The fourth-order valence-electron chi connectivity index (χ4n) is 1.84. The van der Waals surface area contributed by atoms with Crippen LogP contribution in [0.1, 0.15) is 5.89 Å². The normalized spacial score (nSPS) is 11.4. The molecule has 0 aromatic carbocycles. The number of aromatic nitrogens is 3. The van der Waals surface area contributed by atoms with Crippen molar-refractivity contribution in [3.63, 3.8) is 0 Å². The minimum Gasteiger partial charge on any atom is -0.438 e. The maximum atomic E-state index is 12.0. The van der Waals surface area contributed by atoms with E-state index in [0.717, 1.165) is 5.52 Å². The second-order valence-electron chi connectivity index (χ2n) is 3.65. The molecule has 0 aliphatic rings. The molecule has 0 unspecified atom stereocenters. The second kappa shape index (κ2) is 2.91. The van der Waals surface area contributed by atoms with Gasteiger partial charge in [-0.1, -0.05) is 0 Å². The van der Waals surface area contributed by atoms with Crippen molar-refractivity contribution in [3.8, 4) is 0 Å². The van der Waals surface area contributed by atoms with Crippen LogP contribution in [0.5, 0.6) is 0 Å². The van der Waals surface area contributed by atoms with Gasteiger partial charge in [-0.2, -0.15) is 0 Å². The van der Waals surface area contributed by atoms with E-state index in [-0.39, 0.29) is 5.56 Å². The van der Waals surface area contributed by atoms with Crippen LogP contribution < -0.4 is 5.56 Å². The summed E-state index contributed by atoms with van der Waals surface area (Å²) in [5, 5.41) is 0. The highest BCUT2D eigenvalue weighted by Gasteiger charge is 2.14.